The summed E-state index contributed by atoms with van der Waals surface area (Å²) in [4.78, 5) is 3.44. The molecule has 1 saturated carbocycles. The van der Waals surface area contributed by atoms with E-state index in [0.717, 1.165) is 23.9 Å². The van der Waals surface area contributed by atoms with Crippen molar-refractivity contribution in [1.82, 2.24) is 4.98 Å². The smallest absolute Gasteiger partial charge is 0.203 e. The number of hydrogen-bond acceptors (Lipinski definition) is 3. The summed E-state index contributed by atoms with van der Waals surface area (Å²) in [5.74, 6) is 1.98. The van der Waals surface area contributed by atoms with Crippen LogP contribution in [0, 0.1) is 6.92 Å². The summed E-state index contributed by atoms with van der Waals surface area (Å²) in [6.07, 6.45) is 5.62. The molecule has 4 nitrogen and oxygen atoms in total. The second-order valence-electron chi connectivity index (χ2n) is 7.00. The Hall–Kier alpha value is -2.88. The van der Waals surface area contributed by atoms with Crippen LogP contribution >= 0.6 is 0 Å². The molecule has 1 heterocycles. The monoisotopic (exact) mass is 363 g/mol. The molecule has 27 heavy (non-hydrogen) atoms. The fraction of sp³-hybridized carbons (Fsp3) is 0.304. The number of aromatic nitrogens is 1. The standard InChI is InChI=1S/C23H25NO3/c1-14-8-9-17-18(13-24-19(17)10-14)22(15-6-5-7-15)16-11-20(25-2)23(27-4)21(12-16)26-3/h8-13,24H,5-7H2,1-4H3. The van der Waals surface area contributed by atoms with Crippen LogP contribution in [0.4, 0.5) is 0 Å². The highest BCUT2D eigenvalue weighted by Gasteiger charge is 2.23. The number of ether oxygens (including phenoxy) is 3. The van der Waals surface area contributed by atoms with Gasteiger partial charge in [0, 0.05) is 22.7 Å². The van der Waals surface area contributed by atoms with Crippen molar-refractivity contribution in [3.63, 3.8) is 0 Å². The van der Waals surface area contributed by atoms with Crippen LogP contribution in [0.25, 0.3) is 16.5 Å². The van der Waals surface area contributed by atoms with Gasteiger partial charge in [-0.3, -0.25) is 0 Å². The quantitative estimate of drug-likeness (QED) is 0.652. The van der Waals surface area contributed by atoms with Crippen LogP contribution in [0.2, 0.25) is 0 Å². The third kappa shape index (κ3) is 2.95. The predicted octanol–water partition coefficient (Wildman–Crippen LogP) is 5.49. The molecule has 0 amide bonds. The van der Waals surface area contributed by atoms with E-state index in [9.17, 15) is 0 Å². The van der Waals surface area contributed by atoms with Gasteiger partial charge in [0.1, 0.15) is 0 Å². The number of rotatable bonds is 5. The van der Waals surface area contributed by atoms with Crippen molar-refractivity contribution in [1.29, 1.82) is 0 Å². The average molecular weight is 363 g/mol. The Morgan fingerprint density at radius 3 is 2.19 bits per heavy atom. The van der Waals surface area contributed by atoms with Crippen molar-refractivity contribution < 1.29 is 14.2 Å². The third-order valence-electron chi connectivity index (χ3n) is 5.37. The summed E-state index contributed by atoms with van der Waals surface area (Å²) in [5.41, 5.74) is 7.49. The summed E-state index contributed by atoms with van der Waals surface area (Å²) in [6, 6.07) is 10.7. The lowest BCUT2D eigenvalue weighted by Gasteiger charge is -2.24. The van der Waals surface area contributed by atoms with E-state index in [2.05, 4.69) is 48.4 Å². The summed E-state index contributed by atoms with van der Waals surface area (Å²) < 4.78 is 16.7. The van der Waals surface area contributed by atoms with Gasteiger partial charge in [0.05, 0.1) is 21.3 Å². The van der Waals surface area contributed by atoms with Gasteiger partial charge < -0.3 is 19.2 Å². The zero-order valence-corrected chi connectivity index (χ0v) is 16.3. The summed E-state index contributed by atoms with van der Waals surface area (Å²) >= 11 is 0. The minimum atomic E-state index is 0.622. The lowest BCUT2D eigenvalue weighted by Crippen LogP contribution is -2.04. The second-order valence-corrected chi connectivity index (χ2v) is 7.00. The van der Waals surface area contributed by atoms with Gasteiger partial charge in [-0.05, 0) is 61.1 Å². The molecule has 0 spiro atoms. The first-order valence-corrected chi connectivity index (χ1v) is 9.26. The maximum Gasteiger partial charge on any atom is 0.203 e. The molecule has 0 atom stereocenters. The number of benzene rings is 2. The Labute approximate surface area is 159 Å². The maximum absolute atomic E-state index is 5.59. The fourth-order valence-corrected chi connectivity index (χ4v) is 3.83. The second kappa shape index (κ2) is 7.03. The van der Waals surface area contributed by atoms with Crippen LogP contribution in [0.1, 0.15) is 36.0 Å². The first kappa shape index (κ1) is 17.5. The predicted molar refractivity (Wildman–Crippen MR) is 109 cm³/mol. The zero-order valence-electron chi connectivity index (χ0n) is 16.3. The number of allylic oxidation sites excluding steroid dienone is 1. The summed E-state index contributed by atoms with van der Waals surface area (Å²) in [7, 11) is 4.95. The highest BCUT2D eigenvalue weighted by molar-refractivity contribution is 5.98. The molecule has 4 rings (SSSR count). The van der Waals surface area contributed by atoms with Crippen LogP contribution in [-0.4, -0.2) is 26.3 Å². The van der Waals surface area contributed by atoms with Crippen molar-refractivity contribution in [2.24, 2.45) is 0 Å². The van der Waals surface area contributed by atoms with Gasteiger partial charge in [-0.15, -0.1) is 0 Å². The zero-order chi connectivity index (χ0) is 19.0. The molecular weight excluding hydrogens is 338 g/mol. The molecule has 1 aliphatic rings. The first-order valence-electron chi connectivity index (χ1n) is 9.26. The van der Waals surface area contributed by atoms with E-state index in [-0.39, 0.29) is 0 Å². The van der Waals surface area contributed by atoms with E-state index in [0.29, 0.717) is 17.2 Å². The van der Waals surface area contributed by atoms with E-state index in [1.165, 1.54) is 34.1 Å². The summed E-state index contributed by atoms with van der Waals surface area (Å²) in [5, 5.41) is 1.24. The summed E-state index contributed by atoms with van der Waals surface area (Å²) in [6.45, 7) is 2.12. The van der Waals surface area contributed by atoms with Crippen LogP contribution < -0.4 is 14.2 Å². The lowest BCUT2D eigenvalue weighted by molar-refractivity contribution is 0.324. The minimum absolute atomic E-state index is 0.622. The molecule has 1 fully saturated rings. The molecule has 0 radical (unpaired) electrons. The van der Waals surface area contributed by atoms with Gasteiger partial charge in [0.15, 0.2) is 11.5 Å². The normalized spacial score (nSPS) is 13.4. The SMILES string of the molecule is COc1cc(C(=C2CCC2)c2c[nH]c3cc(C)ccc23)cc(OC)c1OC. The van der Waals surface area contributed by atoms with Crippen molar-refractivity contribution in [3.05, 3.63) is 58.8 Å². The highest BCUT2D eigenvalue weighted by atomic mass is 16.5. The van der Waals surface area contributed by atoms with Gasteiger partial charge in [-0.2, -0.15) is 0 Å². The van der Waals surface area contributed by atoms with Crippen LogP contribution in [0.5, 0.6) is 17.2 Å². The number of nitrogens with one attached hydrogen (secondary N) is 1. The number of H-pyrrole nitrogens is 1. The molecule has 0 unspecified atom stereocenters. The van der Waals surface area contributed by atoms with Crippen LogP contribution in [-0.2, 0) is 0 Å². The highest BCUT2D eigenvalue weighted by Crippen LogP contribution is 2.45. The molecule has 2 aromatic carbocycles. The van der Waals surface area contributed by atoms with E-state index in [1.54, 1.807) is 21.3 Å². The van der Waals surface area contributed by atoms with Gasteiger partial charge in [0.2, 0.25) is 5.75 Å². The number of methoxy groups -OCH3 is 3. The topological polar surface area (TPSA) is 43.5 Å². The molecule has 1 aliphatic carbocycles. The minimum Gasteiger partial charge on any atom is -0.493 e. The molecule has 1 aromatic heterocycles. The molecule has 4 heteroatoms. The van der Waals surface area contributed by atoms with Gasteiger partial charge in [-0.25, -0.2) is 0 Å². The molecule has 140 valence electrons. The first-order chi connectivity index (χ1) is 13.2. The Bertz CT molecular complexity index is 998. The van der Waals surface area contributed by atoms with Crippen molar-refractivity contribution in [2.45, 2.75) is 26.2 Å². The molecular formula is C23H25NO3. The Balaban J connectivity index is 1.95. The van der Waals surface area contributed by atoms with E-state index >= 15 is 0 Å². The Kier molecular flexibility index (Phi) is 4.56. The Morgan fingerprint density at radius 1 is 0.926 bits per heavy atom. The molecule has 3 aromatic rings. The lowest BCUT2D eigenvalue weighted by atomic mass is 9.82. The number of hydrogen-bond donors (Lipinski definition) is 1. The van der Waals surface area contributed by atoms with Gasteiger partial charge in [0.25, 0.3) is 0 Å². The van der Waals surface area contributed by atoms with E-state index in [1.807, 2.05) is 0 Å². The Morgan fingerprint density at radius 2 is 1.63 bits per heavy atom. The van der Waals surface area contributed by atoms with Crippen LogP contribution in [0.3, 0.4) is 0 Å². The number of fused-ring (bicyclic) bond motifs is 1. The van der Waals surface area contributed by atoms with Crippen molar-refractivity contribution in [3.8, 4) is 17.2 Å². The van der Waals surface area contributed by atoms with Crippen molar-refractivity contribution in [2.75, 3.05) is 21.3 Å². The average Bonchev–Trinajstić information content (AvgIpc) is 3.05. The van der Waals surface area contributed by atoms with E-state index < -0.39 is 0 Å². The molecule has 0 aliphatic heterocycles. The molecule has 0 bridgehead atoms. The molecule has 1 N–H and O–H groups in total. The number of aryl methyl sites for hydroxylation is 1. The van der Waals surface area contributed by atoms with Gasteiger partial charge >= 0.3 is 0 Å². The largest absolute Gasteiger partial charge is 0.493 e. The third-order valence-corrected chi connectivity index (χ3v) is 5.37. The number of aromatic amines is 1. The van der Waals surface area contributed by atoms with Gasteiger partial charge in [-0.1, -0.05) is 17.7 Å². The fourth-order valence-electron chi connectivity index (χ4n) is 3.83. The maximum atomic E-state index is 5.59. The van der Waals surface area contributed by atoms with Crippen LogP contribution in [0.15, 0.2) is 42.1 Å². The van der Waals surface area contributed by atoms with Crippen molar-refractivity contribution >= 4 is 16.5 Å². The molecule has 0 saturated heterocycles. The van der Waals surface area contributed by atoms with E-state index in [4.69, 9.17) is 14.2 Å².